The number of hydrogen-bond donors (Lipinski definition) is 0. The zero-order valence-corrected chi connectivity index (χ0v) is 13.8. The number of hydrogen-bond acceptors (Lipinski definition) is 4. The Kier molecular flexibility index (Phi) is 4.89. The van der Waals surface area contributed by atoms with Gasteiger partial charge in [-0.1, -0.05) is 18.7 Å². The van der Waals surface area contributed by atoms with Crippen LogP contribution in [0.1, 0.15) is 30.0 Å². The van der Waals surface area contributed by atoms with Crippen LogP contribution in [0.25, 0.3) is 0 Å². The standard InChI is InChI=1S/C19H21N3O2/c1-3-17(23)22-11-5-7-15(13-22)18-19(21-10-9-20-18)24-16-8-4-6-14(2)12-16/h3-4,6,8-10,12,15H,1,5,7,11,13H2,2H3. The number of nitrogens with zero attached hydrogens (tertiary/aromatic N) is 3. The molecule has 1 saturated heterocycles. The van der Waals surface area contributed by atoms with E-state index in [2.05, 4.69) is 16.5 Å². The van der Waals surface area contributed by atoms with Gasteiger partial charge in [0.1, 0.15) is 11.4 Å². The van der Waals surface area contributed by atoms with Crippen molar-refractivity contribution in [3.8, 4) is 11.6 Å². The van der Waals surface area contributed by atoms with Gasteiger partial charge in [-0.3, -0.25) is 9.78 Å². The summed E-state index contributed by atoms with van der Waals surface area (Å²) in [6.07, 6.45) is 6.56. The summed E-state index contributed by atoms with van der Waals surface area (Å²) in [5, 5.41) is 0. The van der Waals surface area contributed by atoms with E-state index in [1.54, 1.807) is 12.4 Å². The van der Waals surface area contributed by atoms with Crippen LogP contribution in [0.5, 0.6) is 11.6 Å². The van der Waals surface area contributed by atoms with Gasteiger partial charge in [0.25, 0.3) is 0 Å². The van der Waals surface area contributed by atoms with Gasteiger partial charge in [-0.05, 0) is 43.5 Å². The number of likely N-dealkylation sites (tertiary alicyclic amines) is 1. The molecule has 0 aliphatic carbocycles. The number of carbonyl (C=O) groups is 1. The molecule has 3 rings (SSSR count). The third-order valence-electron chi connectivity index (χ3n) is 4.19. The van der Waals surface area contributed by atoms with Crippen LogP contribution in [0, 0.1) is 6.92 Å². The normalized spacial score (nSPS) is 17.4. The average Bonchev–Trinajstić information content (AvgIpc) is 2.61. The maximum Gasteiger partial charge on any atom is 0.245 e. The largest absolute Gasteiger partial charge is 0.437 e. The van der Waals surface area contributed by atoms with E-state index in [0.29, 0.717) is 12.4 Å². The summed E-state index contributed by atoms with van der Waals surface area (Å²) in [4.78, 5) is 22.6. The molecule has 0 saturated carbocycles. The highest BCUT2D eigenvalue weighted by Crippen LogP contribution is 2.32. The van der Waals surface area contributed by atoms with Gasteiger partial charge in [0, 0.05) is 31.4 Å². The summed E-state index contributed by atoms with van der Waals surface area (Å²) >= 11 is 0. The Morgan fingerprint density at radius 3 is 3.00 bits per heavy atom. The molecule has 1 aliphatic rings. The first kappa shape index (κ1) is 16.2. The topological polar surface area (TPSA) is 55.3 Å². The van der Waals surface area contributed by atoms with Crippen LogP contribution in [0.15, 0.2) is 49.3 Å². The number of aromatic nitrogens is 2. The molecule has 1 atom stereocenters. The van der Waals surface area contributed by atoms with Crippen LogP contribution in [-0.2, 0) is 4.79 Å². The molecular weight excluding hydrogens is 302 g/mol. The van der Waals surface area contributed by atoms with Crippen molar-refractivity contribution in [3.63, 3.8) is 0 Å². The minimum absolute atomic E-state index is 0.0373. The quantitative estimate of drug-likeness (QED) is 0.809. The minimum atomic E-state index is -0.0373. The van der Waals surface area contributed by atoms with Crippen LogP contribution in [0.4, 0.5) is 0 Å². The molecule has 124 valence electrons. The maximum atomic E-state index is 11.9. The van der Waals surface area contributed by atoms with Gasteiger partial charge < -0.3 is 9.64 Å². The lowest BCUT2D eigenvalue weighted by Crippen LogP contribution is -2.38. The van der Waals surface area contributed by atoms with Crippen LogP contribution in [0.3, 0.4) is 0 Å². The number of amides is 1. The van der Waals surface area contributed by atoms with Gasteiger partial charge in [0.2, 0.25) is 11.8 Å². The lowest BCUT2D eigenvalue weighted by atomic mass is 9.94. The number of benzene rings is 1. The second kappa shape index (κ2) is 7.25. The summed E-state index contributed by atoms with van der Waals surface area (Å²) in [5.74, 6) is 1.34. The predicted molar refractivity (Wildman–Crippen MR) is 92.0 cm³/mol. The van der Waals surface area contributed by atoms with Crippen molar-refractivity contribution in [3.05, 3.63) is 60.6 Å². The van der Waals surface area contributed by atoms with Crippen molar-refractivity contribution in [2.24, 2.45) is 0 Å². The first-order valence-corrected chi connectivity index (χ1v) is 8.14. The number of piperidine rings is 1. The molecule has 1 unspecified atom stereocenters. The fraction of sp³-hybridized carbons (Fsp3) is 0.316. The molecule has 0 radical (unpaired) electrons. The Labute approximate surface area is 142 Å². The second-order valence-corrected chi connectivity index (χ2v) is 5.99. The molecule has 1 aromatic carbocycles. The van der Waals surface area contributed by atoms with Crippen LogP contribution in [0.2, 0.25) is 0 Å². The van der Waals surface area contributed by atoms with E-state index in [1.165, 1.54) is 6.08 Å². The van der Waals surface area contributed by atoms with E-state index in [-0.39, 0.29) is 11.8 Å². The first-order chi connectivity index (χ1) is 11.7. The fourth-order valence-corrected chi connectivity index (χ4v) is 3.01. The van der Waals surface area contributed by atoms with Crippen LogP contribution >= 0.6 is 0 Å². The van der Waals surface area contributed by atoms with Crippen molar-refractivity contribution < 1.29 is 9.53 Å². The van der Waals surface area contributed by atoms with Gasteiger partial charge in [-0.2, -0.15) is 0 Å². The van der Waals surface area contributed by atoms with E-state index in [9.17, 15) is 4.79 Å². The smallest absolute Gasteiger partial charge is 0.245 e. The van der Waals surface area contributed by atoms with Crippen molar-refractivity contribution in [1.82, 2.24) is 14.9 Å². The Morgan fingerprint density at radius 2 is 2.21 bits per heavy atom. The molecule has 5 heteroatoms. The molecule has 2 heterocycles. The minimum Gasteiger partial charge on any atom is -0.437 e. The van der Waals surface area contributed by atoms with E-state index >= 15 is 0 Å². The van der Waals surface area contributed by atoms with Gasteiger partial charge >= 0.3 is 0 Å². The Morgan fingerprint density at radius 1 is 1.38 bits per heavy atom. The summed E-state index contributed by atoms with van der Waals surface area (Å²) in [6, 6.07) is 7.84. The zero-order valence-electron chi connectivity index (χ0n) is 13.8. The molecule has 0 N–H and O–H groups in total. The third kappa shape index (κ3) is 3.62. The molecule has 2 aromatic rings. The fourth-order valence-electron chi connectivity index (χ4n) is 3.01. The lowest BCUT2D eigenvalue weighted by molar-refractivity contribution is -0.127. The van der Waals surface area contributed by atoms with E-state index in [0.717, 1.165) is 36.4 Å². The summed E-state index contributed by atoms with van der Waals surface area (Å²) in [5.41, 5.74) is 1.93. The van der Waals surface area contributed by atoms with E-state index in [4.69, 9.17) is 4.74 Å². The Bertz CT molecular complexity index is 745. The van der Waals surface area contributed by atoms with Crippen LogP contribution in [-0.4, -0.2) is 33.9 Å². The SMILES string of the molecule is C=CC(=O)N1CCCC(c2nccnc2Oc2cccc(C)c2)C1. The number of ether oxygens (including phenoxy) is 1. The summed E-state index contributed by atoms with van der Waals surface area (Å²) < 4.78 is 5.97. The first-order valence-electron chi connectivity index (χ1n) is 8.14. The predicted octanol–water partition coefficient (Wildman–Crippen LogP) is 3.47. The average molecular weight is 323 g/mol. The zero-order chi connectivity index (χ0) is 16.9. The van der Waals surface area contributed by atoms with Gasteiger partial charge in [0.15, 0.2) is 0 Å². The highest BCUT2D eigenvalue weighted by Gasteiger charge is 2.27. The molecule has 1 aliphatic heterocycles. The molecule has 0 spiro atoms. The molecule has 24 heavy (non-hydrogen) atoms. The van der Waals surface area contributed by atoms with Crippen molar-refractivity contribution in [1.29, 1.82) is 0 Å². The van der Waals surface area contributed by atoms with Crippen molar-refractivity contribution in [2.45, 2.75) is 25.7 Å². The van der Waals surface area contributed by atoms with E-state index < -0.39 is 0 Å². The Balaban J connectivity index is 1.83. The molecule has 5 nitrogen and oxygen atoms in total. The van der Waals surface area contributed by atoms with E-state index in [1.807, 2.05) is 36.1 Å². The monoisotopic (exact) mass is 323 g/mol. The highest BCUT2D eigenvalue weighted by molar-refractivity contribution is 5.87. The van der Waals surface area contributed by atoms with Crippen molar-refractivity contribution >= 4 is 5.91 Å². The highest BCUT2D eigenvalue weighted by atomic mass is 16.5. The number of rotatable bonds is 4. The summed E-state index contributed by atoms with van der Waals surface area (Å²) in [6.45, 7) is 6.97. The van der Waals surface area contributed by atoms with Gasteiger partial charge in [0.05, 0.1) is 0 Å². The summed E-state index contributed by atoms with van der Waals surface area (Å²) in [7, 11) is 0. The number of carbonyl (C=O) groups excluding carboxylic acids is 1. The number of aryl methyl sites for hydroxylation is 1. The third-order valence-corrected chi connectivity index (χ3v) is 4.19. The lowest BCUT2D eigenvalue weighted by Gasteiger charge is -2.32. The molecule has 1 aromatic heterocycles. The molecule has 1 fully saturated rings. The van der Waals surface area contributed by atoms with Crippen molar-refractivity contribution in [2.75, 3.05) is 13.1 Å². The maximum absolute atomic E-state index is 11.9. The second-order valence-electron chi connectivity index (χ2n) is 5.99. The van der Waals surface area contributed by atoms with Gasteiger partial charge in [-0.25, -0.2) is 4.98 Å². The molecule has 0 bridgehead atoms. The molecule has 1 amide bonds. The Hall–Kier alpha value is -2.69. The van der Waals surface area contributed by atoms with Gasteiger partial charge in [-0.15, -0.1) is 0 Å². The molecular formula is C19H21N3O2. The van der Waals surface area contributed by atoms with Crippen LogP contribution < -0.4 is 4.74 Å².